The number of rotatable bonds is 9. The largest absolute Gasteiger partial charge is 0.480 e. The molecule has 0 saturated heterocycles. The molecule has 3 N–H and O–H groups in total. The molecule has 0 aromatic heterocycles. The summed E-state index contributed by atoms with van der Waals surface area (Å²) in [4.78, 5) is 36.6. The average Bonchev–Trinajstić information content (AvgIpc) is 2.71. The maximum atomic E-state index is 12.7. The van der Waals surface area contributed by atoms with Crippen LogP contribution < -0.4 is 10.6 Å². The molecule has 0 radical (unpaired) electrons. The molecule has 0 aliphatic heterocycles. The Bertz CT molecular complexity index is 873. The molecule has 0 spiro atoms. The lowest BCUT2D eigenvalue weighted by Crippen LogP contribution is -2.54. The fourth-order valence-corrected chi connectivity index (χ4v) is 3.38. The number of nitrogens with one attached hydrogen (secondary N) is 2. The Kier molecular flexibility index (Phi) is 9.10. The second-order valence-electron chi connectivity index (χ2n) is 7.12. The van der Waals surface area contributed by atoms with Gasteiger partial charge in [-0.25, -0.2) is 9.59 Å². The standard InChI is InChI=1S/C22H25IN2O5/c1-14(2)19(25-22(29)30-13-15-8-4-3-5-9-15)20(26)24-18(21(27)28)12-16-10-6-7-11-17(16)23/h3-11,14,18-19H,12-13H2,1-2H3,(H,24,26)(H,25,29)(H,27,28)/t18-,19-/m1/s1. The number of carboxylic acids is 1. The van der Waals surface area contributed by atoms with Crippen LogP contribution in [0.15, 0.2) is 54.6 Å². The van der Waals surface area contributed by atoms with Crippen molar-refractivity contribution in [3.05, 3.63) is 69.3 Å². The molecule has 2 aromatic carbocycles. The lowest BCUT2D eigenvalue weighted by atomic mass is 10.0. The lowest BCUT2D eigenvalue weighted by Gasteiger charge is -2.24. The molecule has 2 aromatic rings. The number of amides is 2. The van der Waals surface area contributed by atoms with Crippen molar-refractivity contribution in [3.8, 4) is 0 Å². The van der Waals surface area contributed by atoms with Crippen molar-refractivity contribution in [1.29, 1.82) is 0 Å². The van der Waals surface area contributed by atoms with E-state index in [1.54, 1.807) is 13.8 Å². The van der Waals surface area contributed by atoms with Crippen LogP contribution in [0, 0.1) is 9.49 Å². The molecule has 2 atom stereocenters. The van der Waals surface area contributed by atoms with Crippen LogP contribution >= 0.6 is 22.6 Å². The Morgan fingerprint density at radius 2 is 1.63 bits per heavy atom. The van der Waals surface area contributed by atoms with Crippen molar-refractivity contribution in [2.24, 2.45) is 5.92 Å². The molecule has 160 valence electrons. The summed E-state index contributed by atoms with van der Waals surface area (Å²) >= 11 is 2.13. The lowest BCUT2D eigenvalue weighted by molar-refractivity contribution is -0.142. The number of carbonyl (C=O) groups is 3. The highest BCUT2D eigenvalue weighted by Gasteiger charge is 2.29. The molecule has 30 heavy (non-hydrogen) atoms. The molecule has 0 heterocycles. The summed E-state index contributed by atoms with van der Waals surface area (Å²) in [5.74, 6) is -1.97. The van der Waals surface area contributed by atoms with Gasteiger partial charge in [-0.15, -0.1) is 0 Å². The highest BCUT2D eigenvalue weighted by Crippen LogP contribution is 2.14. The number of carboxylic acid groups (broad SMARTS) is 1. The normalized spacial score (nSPS) is 12.7. The van der Waals surface area contributed by atoms with E-state index in [0.717, 1.165) is 14.7 Å². The van der Waals surface area contributed by atoms with Crippen LogP contribution in [0.4, 0.5) is 4.79 Å². The number of benzene rings is 2. The maximum absolute atomic E-state index is 12.7. The van der Waals surface area contributed by atoms with E-state index in [4.69, 9.17) is 4.74 Å². The quantitative estimate of drug-likeness (QED) is 0.437. The molecule has 0 aliphatic carbocycles. The van der Waals surface area contributed by atoms with Gasteiger partial charge < -0.3 is 20.5 Å². The van der Waals surface area contributed by atoms with E-state index >= 15 is 0 Å². The van der Waals surface area contributed by atoms with Gasteiger partial charge in [0.1, 0.15) is 18.7 Å². The van der Waals surface area contributed by atoms with Crippen LogP contribution in [0.1, 0.15) is 25.0 Å². The third-order valence-electron chi connectivity index (χ3n) is 4.43. The van der Waals surface area contributed by atoms with Gasteiger partial charge in [0.2, 0.25) is 5.91 Å². The first-order valence-corrected chi connectivity index (χ1v) is 10.6. The highest BCUT2D eigenvalue weighted by molar-refractivity contribution is 14.1. The Balaban J connectivity index is 1.99. The Hall–Kier alpha value is -2.62. The van der Waals surface area contributed by atoms with Crippen LogP contribution in [0.5, 0.6) is 0 Å². The van der Waals surface area contributed by atoms with Crippen LogP contribution in [-0.2, 0) is 27.4 Å². The number of ether oxygens (including phenoxy) is 1. The summed E-state index contributed by atoms with van der Waals surface area (Å²) in [6, 6.07) is 14.5. The van der Waals surface area contributed by atoms with E-state index in [-0.39, 0.29) is 18.9 Å². The van der Waals surface area contributed by atoms with E-state index < -0.39 is 30.1 Å². The molecular formula is C22H25IN2O5. The topological polar surface area (TPSA) is 105 Å². The number of aliphatic carboxylic acids is 1. The number of carbonyl (C=O) groups excluding carboxylic acids is 2. The van der Waals surface area contributed by atoms with Crippen molar-refractivity contribution in [2.75, 3.05) is 0 Å². The van der Waals surface area contributed by atoms with Crippen LogP contribution in [0.3, 0.4) is 0 Å². The molecule has 7 nitrogen and oxygen atoms in total. The van der Waals surface area contributed by atoms with E-state index in [1.165, 1.54) is 0 Å². The van der Waals surface area contributed by atoms with Crippen LogP contribution in [0.2, 0.25) is 0 Å². The second-order valence-corrected chi connectivity index (χ2v) is 8.28. The van der Waals surface area contributed by atoms with Crippen molar-refractivity contribution >= 4 is 40.6 Å². The van der Waals surface area contributed by atoms with E-state index in [0.29, 0.717) is 0 Å². The fourth-order valence-electron chi connectivity index (χ4n) is 2.77. The van der Waals surface area contributed by atoms with Gasteiger partial charge in [-0.2, -0.15) is 0 Å². The van der Waals surface area contributed by atoms with Crippen molar-refractivity contribution < 1.29 is 24.2 Å². The van der Waals surface area contributed by atoms with Gasteiger partial charge in [-0.05, 0) is 45.7 Å². The van der Waals surface area contributed by atoms with E-state index in [9.17, 15) is 19.5 Å². The average molecular weight is 524 g/mol. The smallest absolute Gasteiger partial charge is 0.408 e. The summed E-state index contributed by atoms with van der Waals surface area (Å²) in [5.41, 5.74) is 1.64. The molecule has 0 aliphatic rings. The van der Waals surface area contributed by atoms with E-state index in [2.05, 4.69) is 33.2 Å². The minimum absolute atomic E-state index is 0.0727. The molecule has 2 amide bonds. The van der Waals surface area contributed by atoms with Crippen LogP contribution in [-0.4, -0.2) is 35.2 Å². The van der Waals surface area contributed by atoms with Crippen molar-refractivity contribution in [1.82, 2.24) is 10.6 Å². The van der Waals surface area contributed by atoms with Gasteiger partial charge >= 0.3 is 12.1 Å². The maximum Gasteiger partial charge on any atom is 0.408 e. The summed E-state index contributed by atoms with van der Waals surface area (Å²) in [6.07, 6.45) is -0.596. The monoisotopic (exact) mass is 524 g/mol. The second kappa shape index (κ2) is 11.5. The van der Waals surface area contributed by atoms with Crippen LogP contribution in [0.25, 0.3) is 0 Å². The summed E-state index contributed by atoms with van der Waals surface area (Å²) in [5, 5.41) is 14.6. The molecule has 0 unspecified atom stereocenters. The van der Waals surface area contributed by atoms with Crippen molar-refractivity contribution in [2.45, 2.75) is 39.0 Å². The van der Waals surface area contributed by atoms with Gasteiger partial charge in [0.15, 0.2) is 0 Å². The van der Waals surface area contributed by atoms with Gasteiger partial charge in [-0.3, -0.25) is 4.79 Å². The minimum Gasteiger partial charge on any atom is -0.480 e. The van der Waals surface area contributed by atoms with Gasteiger partial charge in [0, 0.05) is 9.99 Å². The predicted molar refractivity (Wildman–Crippen MR) is 121 cm³/mol. The van der Waals surface area contributed by atoms with Gasteiger partial charge in [-0.1, -0.05) is 62.4 Å². The number of hydrogen-bond donors (Lipinski definition) is 3. The first-order chi connectivity index (χ1) is 14.3. The zero-order valence-electron chi connectivity index (χ0n) is 16.8. The van der Waals surface area contributed by atoms with E-state index in [1.807, 2.05) is 54.6 Å². The molecule has 2 rings (SSSR count). The Morgan fingerprint density at radius 3 is 2.23 bits per heavy atom. The summed E-state index contributed by atoms with van der Waals surface area (Å²) in [7, 11) is 0. The molecule has 0 saturated carbocycles. The third kappa shape index (κ3) is 7.33. The molecule has 0 fully saturated rings. The fraction of sp³-hybridized carbons (Fsp3) is 0.318. The first-order valence-electron chi connectivity index (χ1n) is 9.51. The minimum atomic E-state index is -1.14. The van der Waals surface area contributed by atoms with Gasteiger partial charge in [0.25, 0.3) is 0 Å². The highest BCUT2D eigenvalue weighted by atomic mass is 127. The molecule has 8 heteroatoms. The number of alkyl carbamates (subject to hydrolysis) is 1. The zero-order chi connectivity index (χ0) is 22.1. The zero-order valence-corrected chi connectivity index (χ0v) is 19.0. The first kappa shape index (κ1) is 23.7. The van der Waals surface area contributed by atoms with Gasteiger partial charge in [0.05, 0.1) is 0 Å². The third-order valence-corrected chi connectivity index (χ3v) is 5.48. The summed E-state index contributed by atoms with van der Waals surface area (Å²) in [6.45, 7) is 3.60. The number of hydrogen-bond acceptors (Lipinski definition) is 4. The summed E-state index contributed by atoms with van der Waals surface area (Å²) < 4.78 is 6.09. The molecule has 0 bridgehead atoms. The number of halogens is 1. The van der Waals surface area contributed by atoms with Crippen molar-refractivity contribution in [3.63, 3.8) is 0 Å². The Morgan fingerprint density at radius 1 is 1.00 bits per heavy atom. The molecular weight excluding hydrogens is 499 g/mol. The SMILES string of the molecule is CC(C)[C@@H](NC(=O)OCc1ccccc1)C(=O)N[C@H](Cc1ccccc1I)C(=O)O. The Labute approximate surface area is 189 Å². The predicted octanol–water partition coefficient (Wildman–Crippen LogP) is 3.35.